The van der Waals surface area contributed by atoms with E-state index >= 15 is 0 Å². The molecule has 8 heteroatoms. The fourth-order valence-corrected chi connectivity index (χ4v) is 2.25. The van der Waals surface area contributed by atoms with Gasteiger partial charge in [-0.2, -0.15) is 9.97 Å². The number of methoxy groups -OCH3 is 1. The Balaban J connectivity index is 2.14. The Morgan fingerprint density at radius 1 is 1.38 bits per heavy atom. The van der Waals surface area contributed by atoms with E-state index in [9.17, 15) is 0 Å². The molecule has 0 spiro atoms. The first-order valence-electron chi connectivity index (χ1n) is 6.92. The molecule has 2 rings (SSSR count). The zero-order chi connectivity index (χ0) is 15.2. The fourth-order valence-electron chi connectivity index (χ4n) is 1.93. The standard InChI is InChI=1S/C13H21N5O2S/c1-9(2)14-13(21)17-12-15-10(8-11(16-12)19-3)18-4-6-20-7-5-18/h8-9H,4-7H2,1-3H3,(H2,14,15,16,17,21). The first-order chi connectivity index (χ1) is 10.1. The number of aromatic nitrogens is 2. The van der Waals surface area contributed by atoms with Crippen molar-refractivity contribution < 1.29 is 9.47 Å². The van der Waals surface area contributed by atoms with E-state index in [1.54, 1.807) is 7.11 Å². The van der Waals surface area contributed by atoms with E-state index < -0.39 is 0 Å². The third-order valence-electron chi connectivity index (χ3n) is 2.88. The van der Waals surface area contributed by atoms with Crippen LogP contribution in [0.15, 0.2) is 6.07 Å². The van der Waals surface area contributed by atoms with Gasteiger partial charge in [0.2, 0.25) is 11.8 Å². The van der Waals surface area contributed by atoms with Crippen molar-refractivity contribution >= 4 is 29.1 Å². The molecule has 0 aliphatic carbocycles. The Hall–Kier alpha value is -1.67. The molecule has 0 amide bonds. The van der Waals surface area contributed by atoms with Gasteiger partial charge >= 0.3 is 0 Å². The predicted octanol–water partition coefficient (Wildman–Crippen LogP) is 1.02. The summed E-state index contributed by atoms with van der Waals surface area (Å²) in [5.41, 5.74) is 0. The molecule has 1 aromatic rings. The number of anilines is 2. The van der Waals surface area contributed by atoms with E-state index in [0.717, 1.165) is 18.9 Å². The topological polar surface area (TPSA) is 71.5 Å². The number of nitrogens with one attached hydrogen (secondary N) is 2. The number of rotatable bonds is 4. The number of ether oxygens (including phenoxy) is 2. The highest BCUT2D eigenvalue weighted by Gasteiger charge is 2.15. The molecule has 116 valence electrons. The maximum atomic E-state index is 5.35. The fraction of sp³-hybridized carbons (Fsp3) is 0.615. The van der Waals surface area contributed by atoms with Crippen LogP contribution in [-0.4, -0.2) is 54.5 Å². The van der Waals surface area contributed by atoms with Gasteiger partial charge in [0.05, 0.1) is 20.3 Å². The molecular formula is C13H21N5O2S. The Kier molecular flexibility index (Phi) is 5.51. The van der Waals surface area contributed by atoms with Crippen molar-refractivity contribution in [2.45, 2.75) is 19.9 Å². The van der Waals surface area contributed by atoms with Gasteiger partial charge in [-0.15, -0.1) is 0 Å². The minimum atomic E-state index is 0.245. The quantitative estimate of drug-likeness (QED) is 0.799. The summed E-state index contributed by atoms with van der Waals surface area (Å²) in [5, 5.41) is 6.57. The summed E-state index contributed by atoms with van der Waals surface area (Å²) in [6, 6.07) is 2.06. The zero-order valence-corrected chi connectivity index (χ0v) is 13.4. The predicted molar refractivity (Wildman–Crippen MR) is 86.1 cm³/mol. The molecular weight excluding hydrogens is 290 g/mol. The first-order valence-corrected chi connectivity index (χ1v) is 7.32. The Labute approximate surface area is 130 Å². The number of hydrogen-bond donors (Lipinski definition) is 2. The molecule has 0 radical (unpaired) electrons. The highest BCUT2D eigenvalue weighted by atomic mass is 32.1. The molecule has 0 bridgehead atoms. The van der Waals surface area contributed by atoms with Gasteiger partial charge in [0.25, 0.3) is 0 Å². The van der Waals surface area contributed by atoms with Crippen molar-refractivity contribution in [1.29, 1.82) is 0 Å². The van der Waals surface area contributed by atoms with Gasteiger partial charge in [0.15, 0.2) is 5.11 Å². The lowest BCUT2D eigenvalue weighted by atomic mass is 10.4. The maximum Gasteiger partial charge on any atom is 0.234 e. The van der Waals surface area contributed by atoms with Crippen molar-refractivity contribution in [2.75, 3.05) is 43.6 Å². The molecule has 0 saturated carbocycles. The molecule has 0 aromatic carbocycles. The van der Waals surface area contributed by atoms with Crippen LogP contribution < -0.4 is 20.3 Å². The summed E-state index contributed by atoms with van der Waals surface area (Å²) in [4.78, 5) is 10.9. The maximum absolute atomic E-state index is 5.35. The Morgan fingerprint density at radius 2 is 2.10 bits per heavy atom. The van der Waals surface area contributed by atoms with Crippen LogP contribution in [0, 0.1) is 0 Å². The number of morpholine rings is 1. The van der Waals surface area contributed by atoms with E-state index in [-0.39, 0.29) is 6.04 Å². The van der Waals surface area contributed by atoms with Gasteiger partial charge in [-0.25, -0.2) is 0 Å². The summed E-state index contributed by atoms with van der Waals surface area (Å²) in [5.74, 6) is 1.73. The van der Waals surface area contributed by atoms with Crippen LogP contribution in [0.2, 0.25) is 0 Å². The summed E-state index contributed by atoms with van der Waals surface area (Å²) < 4.78 is 10.6. The molecule has 1 aliphatic heterocycles. The van der Waals surface area contributed by atoms with Gasteiger partial charge in [-0.05, 0) is 26.1 Å². The average Bonchev–Trinajstić information content (AvgIpc) is 2.46. The normalized spacial score (nSPS) is 15.0. The van der Waals surface area contributed by atoms with Crippen molar-refractivity contribution in [2.24, 2.45) is 0 Å². The lowest BCUT2D eigenvalue weighted by molar-refractivity contribution is 0.122. The highest BCUT2D eigenvalue weighted by molar-refractivity contribution is 7.80. The van der Waals surface area contributed by atoms with E-state index in [4.69, 9.17) is 21.7 Å². The van der Waals surface area contributed by atoms with E-state index in [2.05, 4.69) is 25.5 Å². The molecule has 2 heterocycles. The van der Waals surface area contributed by atoms with Crippen molar-refractivity contribution in [1.82, 2.24) is 15.3 Å². The molecule has 0 atom stereocenters. The Morgan fingerprint density at radius 3 is 2.71 bits per heavy atom. The van der Waals surface area contributed by atoms with Crippen LogP contribution in [0.25, 0.3) is 0 Å². The lowest BCUT2D eigenvalue weighted by Gasteiger charge is -2.28. The highest BCUT2D eigenvalue weighted by Crippen LogP contribution is 2.20. The minimum Gasteiger partial charge on any atom is -0.481 e. The summed E-state index contributed by atoms with van der Waals surface area (Å²) in [7, 11) is 1.58. The Bertz CT molecular complexity index is 491. The SMILES string of the molecule is COc1cc(N2CCOCC2)nc(NC(=S)NC(C)C)n1. The zero-order valence-electron chi connectivity index (χ0n) is 12.5. The van der Waals surface area contributed by atoms with Gasteiger partial charge in [0, 0.05) is 25.2 Å². The molecule has 1 aromatic heterocycles. The van der Waals surface area contributed by atoms with E-state index in [0.29, 0.717) is 30.2 Å². The molecule has 2 N–H and O–H groups in total. The number of hydrogen-bond acceptors (Lipinski definition) is 6. The van der Waals surface area contributed by atoms with E-state index in [1.807, 2.05) is 19.9 Å². The molecule has 0 unspecified atom stereocenters. The monoisotopic (exact) mass is 311 g/mol. The molecule has 21 heavy (non-hydrogen) atoms. The number of thiocarbonyl (C=S) groups is 1. The van der Waals surface area contributed by atoms with Gasteiger partial charge in [0.1, 0.15) is 5.82 Å². The van der Waals surface area contributed by atoms with Crippen LogP contribution in [0.4, 0.5) is 11.8 Å². The molecule has 1 saturated heterocycles. The third-order valence-corrected chi connectivity index (χ3v) is 3.10. The minimum absolute atomic E-state index is 0.245. The van der Waals surface area contributed by atoms with Crippen LogP contribution in [0.1, 0.15) is 13.8 Å². The van der Waals surface area contributed by atoms with Crippen LogP contribution in [-0.2, 0) is 4.74 Å². The summed E-state index contributed by atoms with van der Waals surface area (Å²) in [6.07, 6.45) is 0. The number of nitrogens with zero attached hydrogens (tertiary/aromatic N) is 3. The summed E-state index contributed by atoms with van der Waals surface area (Å²) >= 11 is 5.21. The van der Waals surface area contributed by atoms with Crippen LogP contribution >= 0.6 is 12.2 Å². The van der Waals surface area contributed by atoms with Crippen molar-refractivity contribution in [3.63, 3.8) is 0 Å². The van der Waals surface area contributed by atoms with Crippen LogP contribution in [0.3, 0.4) is 0 Å². The average molecular weight is 311 g/mol. The third kappa shape index (κ3) is 4.68. The van der Waals surface area contributed by atoms with Crippen molar-refractivity contribution in [3.8, 4) is 5.88 Å². The van der Waals surface area contributed by atoms with E-state index in [1.165, 1.54) is 0 Å². The smallest absolute Gasteiger partial charge is 0.234 e. The largest absolute Gasteiger partial charge is 0.481 e. The van der Waals surface area contributed by atoms with Crippen LogP contribution in [0.5, 0.6) is 5.88 Å². The summed E-state index contributed by atoms with van der Waals surface area (Å²) in [6.45, 7) is 7.02. The lowest BCUT2D eigenvalue weighted by Crippen LogP contribution is -2.37. The van der Waals surface area contributed by atoms with Gasteiger partial charge < -0.3 is 25.0 Å². The van der Waals surface area contributed by atoms with Gasteiger partial charge in [-0.3, -0.25) is 0 Å². The molecule has 7 nitrogen and oxygen atoms in total. The second-order valence-corrected chi connectivity index (χ2v) is 5.35. The van der Waals surface area contributed by atoms with Crippen molar-refractivity contribution in [3.05, 3.63) is 6.07 Å². The van der Waals surface area contributed by atoms with Gasteiger partial charge in [-0.1, -0.05) is 0 Å². The second kappa shape index (κ2) is 7.37. The second-order valence-electron chi connectivity index (χ2n) is 4.94. The molecule has 1 aliphatic rings. The molecule has 1 fully saturated rings. The first kappa shape index (κ1) is 15.7.